The number of methoxy groups -OCH3 is 1. The first-order chi connectivity index (χ1) is 25.6. The van der Waals surface area contributed by atoms with E-state index in [-0.39, 0.29) is 55.5 Å². The molecule has 0 fully saturated rings. The van der Waals surface area contributed by atoms with Crippen LogP contribution in [0.15, 0.2) is 108 Å². The molecule has 4 aromatic rings. The number of benzene rings is 4. The van der Waals surface area contributed by atoms with Gasteiger partial charge in [0.05, 0.1) is 36.6 Å². The van der Waals surface area contributed by atoms with Crippen LogP contribution in [0, 0.1) is 0 Å². The molecule has 2 atom stereocenters. The van der Waals surface area contributed by atoms with Crippen LogP contribution in [-0.4, -0.2) is 76.1 Å². The molecule has 2 aliphatic rings. The molecule has 0 radical (unpaired) electrons. The number of nitrogens with one attached hydrogen (secondary N) is 2. The smallest absolute Gasteiger partial charge is 0.286 e. The second-order valence-electron chi connectivity index (χ2n) is 12.1. The van der Waals surface area contributed by atoms with Gasteiger partial charge in [-0.2, -0.15) is 4.31 Å². The Hall–Kier alpha value is -5.61. The molecule has 0 aromatic heterocycles. The van der Waals surface area contributed by atoms with Gasteiger partial charge >= 0.3 is 0 Å². The Morgan fingerprint density at radius 2 is 1.70 bits per heavy atom. The molecule has 4 aromatic carbocycles. The van der Waals surface area contributed by atoms with Crippen molar-refractivity contribution in [1.29, 1.82) is 0 Å². The largest absolute Gasteiger partial charge is 0.497 e. The number of fused-ring (bicyclic) bond motifs is 1. The topological polar surface area (TPSA) is 188 Å². The zero-order valence-corrected chi connectivity index (χ0v) is 29.7. The highest BCUT2D eigenvalue weighted by molar-refractivity contribution is 7.89. The van der Waals surface area contributed by atoms with E-state index in [9.17, 15) is 23.1 Å². The minimum Gasteiger partial charge on any atom is -0.497 e. The number of ether oxygens (including phenoxy) is 5. The minimum atomic E-state index is -3.96. The number of carbonyl (C=O) groups is 2. The molecule has 6 rings (SSSR count). The van der Waals surface area contributed by atoms with Gasteiger partial charge in [0.1, 0.15) is 5.75 Å². The van der Waals surface area contributed by atoms with Crippen molar-refractivity contribution in [3.8, 4) is 17.2 Å². The Labute approximate surface area is 307 Å². The maximum absolute atomic E-state index is 13.5. The number of para-hydroxylation sites is 2. The molecule has 53 heavy (non-hydrogen) atoms. The van der Waals surface area contributed by atoms with Gasteiger partial charge < -0.3 is 45.2 Å². The van der Waals surface area contributed by atoms with E-state index in [1.807, 2.05) is 12.1 Å². The van der Waals surface area contributed by atoms with Crippen molar-refractivity contribution in [2.45, 2.75) is 30.1 Å². The van der Waals surface area contributed by atoms with Crippen LogP contribution in [-0.2, 0) is 30.8 Å². The number of amides is 2. The Morgan fingerprint density at radius 3 is 2.43 bits per heavy atom. The predicted molar refractivity (Wildman–Crippen MR) is 195 cm³/mol. The molecular formula is C38H40N4O10S. The number of anilines is 2. The number of rotatable bonds is 15. The first kappa shape index (κ1) is 37.2. The standard InChI is InChI=1S/C38H40N4O10S/c1-48-29-11-13-30(14-12-29)53(46,47)42(16-18-43)17-19-49-36-22-28(27-10-15-33-34(20-27)51-24-50-33)21-35(52-36)38(45)40-23-25-6-8-26(9-7-25)37(44)41-32-5-3-2-4-31(32)39/h2-15,20-21,28,36,43H,16-19,22-24,39H2,1H3,(H,40,45)(H,41,44)/t28-,36+/m1/s1. The van der Waals surface area contributed by atoms with Crippen molar-refractivity contribution >= 4 is 33.2 Å². The van der Waals surface area contributed by atoms with E-state index in [1.165, 1.54) is 19.2 Å². The number of nitrogens with zero attached hydrogens (tertiary/aromatic N) is 1. The summed E-state index contributed by atoms with van der Waals surface area (Å²) in [5.74, 6) is 0.597. The maximum Gasteiger partial charge on any atom is 0.286 e. The molecule has 2 amide bonds. The van der Waals surface area contributed by atoms with Gasteiger partial charge in [-0.15, -0.1) is 0 Å². The Kier molecular flexibility index (Phi) is 11.8. The lowest BCUT2D eigenvalue weighted by Crippen LogP contribution is -2.38. The van der Waals surface area contributed by atoms with Crippen molar-refractivity contribution in [3.63, 3.8) is 0 Å². The van der Waals surface area contributed by atoms with Crippen LogP contribution < -0.4 is 30.6 Å². The van der Waals surface area contributed by atoms with E-state index in [4.69, 9.17) is 29.4 Å². The molecule has 0 saturated carbocycles. The van der Waals surface area contributed by atoms with Crippen LogP contribution in [0.4, 0.5) is 11.4 Å². The summed E-state index contributed by atoms with van der Waals surface area (Å²) in [7, 11) is -2.48. The van der Waals surface area contributed by atoms with Crippen LogP contribution in [0.3, 0.4) is 0 Å². The van der Waals surface area contributed by atoms with Crippen molar-refractivity contribution in [1.82, 2.24) is 9.62 Å². The lowest BCUT2D eigenvalue weighted by molar-refractivity contribution is -0.146. The minimum absolute atomic E-state index is 0.0263. The van der Waals surface area contributed by atoms with E-state index >= 15 is 0 Å². The maximum atomic E-state index is 13.5. The monoisotopic (exact) mass is 744 g/mol. The number of aliphatic hydroxyl groups is 1. The summed E-state index contributed by atoms with van der Waals surface area (Å²) in [6, 6.07) is 25.2. The Balaban J connectivity index is 1.11. The van der Waals surface area contributed by atoms with Crippen LogP contribution in [0.25, 0.3) is 0 Å². The van der Waals surface area contributed by atoms with E-state index in [0.29, 0.717) is 40.6 Å². The van der Waals surface area contributed by atoms with E-state index in [0.717, 1.165) is 15.4 Å². The average Bonchev–Trinajstić information content (AvgIpc) is 3.66. The average molecular weight is 745 g/mol. The molecule has 0 unspecified atom stereocenters. The van der Waals surface area contributed by atoms with Gasteiger partial charge in [0, 0.05) is 37.5 Å². The molecule has 0 aliphatic carbocycles. The van der Waals surface area contributed by atoms with Crippen molar-refractivity contribution in [3.05, 3.63) is 120 Å². The fourth-order valence-corrected chi connectivity index (χ4v) is 7.20. The third-order valence-electron chi connectivity index (χ3n) is 8.68. The number of hydrogen-bond donors (Lipinski definition) is 4. The summed E-state index contributed by atoms with van der Waals surface area (Å²) in [5.41, 5.74) is 8.90. The first-order valence-electron chi connectivity index (χ1n) is 16.8. The number of aliphatic hydroxyl groups excluding tert-OH is 1. The second kappa shape index (κ2) is 16.8. The number of nitrogen functional groups attached to an aromatic ring is 1. The molecule has 0 spiro atoms. The fraction of sp³-hybridized carbons (Fsp3) is 0.263. The molecular weight excluding hydrogens is 705 g/mol. The van der Waals surface area contributed by atoms with Crippen LogP contribution in [0.1, 0.15) is 33.8 Å². The van der Waals surface area contributed by atoms with E-state index < -0.39 is 28.8 Å². The zero-order chi connectivity index (χ0) is 37.4. The molecule has 0 bridgehead atoms. The third kappa shape index (κ3) is 9.07. The number of allylic oxidation sites excluding steroid dienone is 1. The lowest BCUT2D eigenvalue weighted by Gasteiger charge is -2.30. The predicted octanol–water partition coefficient (Wildman–Crippen LogP) is 3.99. The van der Waals surface area contributed by atoms with E-state index in [2.05, 4.69) is 10.6 Å². The third-order valence-corrected chi connectivity index (χ3v) is 10.6. The number of hydrogen-bond acceptors (Lipinski definition) is 11. The highest BCUT2D eigenvalue weighted by Crippen LogP contribution is 2.38. The molecule has 15 heteroatoms. The molecule has 0 saturated heterocycles. The summed E-state index contributed by atoms with van der Waals surface area (Å²) in [6.45, 7) is -0.455. The SMILES string of the molecule is COc1ccc(S(=O)(=O)N(CCO)CCO[C@@H]2C[C@H](c3ccc4c(c3)OCO4)C=C(C(=O)NCc3ccc(C(=O)Nc4ccccc4N)cc3)O2)cc1. The van der Waals surface area contributed by atoms with Gasteiger partial charge in [-0.3, -0.25) is 9.59 Å². The summed E-state index contributed by atoms with van der Waals surface area (Å²) in [6.07, 6.45) is 1.12. The molecule has 14 nitrogen and oxygen atoms in total. The zero-order valence-electron chi connectivity index (χ0n) is 28.9. The molecule has 278 valence electrons. The second-order valence-corrected chi connectivity index (χ2v) is 14.1. The lowest BCUT2D eigenvalue weighted by atomic mass is 9.92. The van der Waals surface area contributed by atoms with Gasteiger partial charge in [0.25, 0.3) is 11.8 Å². The highest BCUT2D eigenvalue weighted by atomic mass is 32.2. The van der Waals surface area contributed by atoms with Gasteiger partial charge in [-0.1, -0.05) is 30.3 Å². The Morgan fingerprint density at radius 1 is 0.943 bits per heavy atom. The van der Waals surface area contributed by atoms with Gasteiger partial charge in [-0.25, -0.2) is 8.42 Å². The summed E-state index contributed by atoms with van der Waals surface area (Å²) >= 11 is 0. The van der Waals surface area contributed by atoms with Crippen LogP contribution in [0.5, 0.6) is 17.2 Å². The van der Waals surface area contributed by atoms with Crippen molar-refractivity contribution < 1.29 is 46.8 Å². The summed E-state index contributed by atoms with van der Waals surface area (Å²) in [4.78, 5) is 26.3. The van der Waals surface area contributed by atoms with Crippen LogP contribution in [0.2, 0.25) is 0 Å². The quantitative estimate of drug-likeness (QED) is 0.129. The molecule has 5 N–H and O–H groups in total. The van der Waals surface area contributed by atoms with Gasteiger partial charge in [0.2, 0.25) is 23.1 Å². The number of carbonyl (C=O) groups excluding carboxylic acids is 2. The van der Waals surface area contributed by atoms with Crippen molar-refractivity contribution in [2.75, 3.05) is 51.3 Å². The van der Waals surface area contributed by atoms with Crippen LogP contribution >= 0.6 is 0 Å². The summed E-state index contributed by atoms with van der Waals surface area (Å²) < 4.78 is 56.1. The Bertz CT molecular complexity index is 2060. The fourth-order valence-electron chi connectivity index (χ4n) is 5.79. The van der Waals surface area contributed by atoms with E-state index in [1.54, 1.807) is 72.8 Å². The van der Waals surface area contributed by atoms with Gasteiger partial charge in [-0.05, 0) is 77.9 Å². The van der Waals surface area contributed by atoms with Crippen molar-refractivity contribution in [2.24, 2.45) is 0 Å². The highest BCUT2D eigenvalue weighted by Gasteiger charge is 2.31. The molecule has 2 aliphatic heterocycles. The number of nitrogens with two attached hydrogens (primary N) is 1. The summed E-state index contributed by atoms with van der Waals surface area (Å²) in [5, 5.41) is 15.3. The molecule has 2 heterocycles. The first-order valence-corrected chi connectivity index (χ1v) is 18.3. The van der Waals surface area contributed by atoms with Gasteiger partial charge in [0.15, 0.2) is 17.3 Å². The normalized spacial score (nSPS) is 16.4. The number of sulfonamides is 1.